The summed E-state index contributed by atoms with van der Waals surface area (Å²) in [5, 5.41) is 0. The van der Waals surface area contributed by atoms with Crippen LogP contribution in [0, 0.1) is 6.92 Å². The Morgan fingerprint density at radius 2 is 2.14 bits per heavy atom. The predicted molar refractivity (Wildman–Crippen MR) is 77.9 cm³/mol. The minimum Gasteiger partial charge on any atom is -0.332 e. The van der Waals surface area contributed by atoms with Crippen molar-refractivity contribution >= 4 is 17.6 Å². The summed E-state index contributed by atoms with van der Waals surface area (Å²) in [4.78, 5) is 36.5. The number of aromatic nitrogens is 2. The summed E-state index contributed by atoms with van der Waals surface area (Å²) in [5.74, 6) is 1.57. The van der Waals surface area contributed by atoms with Gasteiger partial charge in [0.15, 0.2) is 5.82 Å². The number of rotatable bonds is 2. The summed E-state index contributed by atoms with van der Waals surface area (Å²) in [7, 11) is 1.74. The molecule has 3 rings (SSSR count). The molecule has 0 bridgehead atoms. The molecule has 0 aliphatic carbocycles. The second-order valence-corrected chi connectivity index (χ2v) is 5.70. The highest BCUT2D eigenvalue weighted by atomic mass is 16.2. The smallest absolute Gasteiger partial charge is 0.232 e. The van der Waals surface area contributed by atoms with Gasteiger partial charge >= 0.3 is 0 Å². The lowest BCUT2D eigenvalue weighted by atomic mass is 10.1. The van der Waals surface area contributed by atoms with Crippen molar-refractivity contribution in [2.75, 3.05) is 18.5 Å². The molecule has 2 aliphatic rings. The van der Waals surface area contributed by atoms with E-state index < -0.39 is 0 Å². The molecule has 0 aromatic carbocycles. The first-order chi connectivity index (χ1) is 10.0. The van der Waals surface area contributed by atoms with E-state index >= 15 is 0 Å². The lowest BCUT2D eigenvalue weighted by molar-refractivity contribution is -0.131. The molecule has 21 heavy (non-hydrogen) atoms. The van der Waals surface area contributed by atoms with E-state index in [2.05, 4.69) is 9.97 Å². The Bertz CT molecular complexity index is 614. The fourth-order valence-corrected chi connectivity index (χ4v) is 3.16. The van der Waals surface area contributed by atoms with Crippen LogP contribution >= 0.6 is 0 Å². The normalized spacial score (nSPS) is 21.1. The summed E-state index contributed by atoms with van der Waals surface area (Å²) in [6, 6.07) is -0.0504. The fraction of sp³-hybridized carbons (Fsp3) is 0.600. The number of anilines is 1. The molecule has 0 radical (unpaired) electrons. The van der Waals surface area contributed by atoms with Crippen LogP contribution in [0.2, 0.25) is 0 Å². The van der Waals surface area contributed by atoms with Gasteiger partial charge in [-0.1, -0.05) is 6.92 Å². The van der Waals surface area contributed by atoms with Crippen LogP contribution in [0.5, 0.6) is 0 Å². The van der Waals surface area contributed by atoms with E-state index in [4.69, 9.17) is 0 Å². The van der Waals surface area contributed by atoms with Crippen LogP contribution in [0.1, 0.15) is 49.3 Å². The Hall–Kier alpha value is -1.98. The van der Waals surface area contributed by atoms with Crippen molar-refractivity contribution < 1.29 is 9.59 Å². The van der Waals surface area contributed by atoms with Gasteiger partial charge in [-0.25, -0.2) is 9.97 Å². The molecule has 112 valence electrons. The number of hydrogen-bond donors (Lipinski definition) is 0. The van der Waals surface area contributed by atoms with Gasteiger partial charge in [0.05, 0.1) is 12.5 Å². The van der Waals surface area contributed by atoms with Crippen LogP contribution in [0.25, 0.3) is 0 Å². The summed E-state index contributed by atoms with van der Waals surface area (Å²) in [6.07, 6.45) is 2.74. The number of carbonyl (C=O) groups is 2. The van der Waals surface area contributed by atoms with Crippen molar-refractivity contribution in [3.63, 3.8) is 0 Å². The maximum absolute atomic E-state index is 12.0. The SMILES string of the molecule is CCC(=O)N1CCCC1c1nc(C)c2c(n1)N(C)C(=O)C2. The second kappa shape index (κ2) is 5.09. The minimum atomic E-state index is -0.0504. The van der Waals surface area contributed by atoms with Gasteiger partial charge in [-0.15, -0.1) is 0 Å². The Kier molecular flexibility index (Phi) is 3.39. The molecule has 6 nitrogen and oxygen atoms in total. The second-order valence-electron chi connectivity index (χ2n) is 5.70. The molecule has 0 N–H and O–H groups in total. The van der Waals surface area contributed by atoms with Crippen LogP contribution in [-0.2, 0) is 16.0 Å². The minimum absolute atomic E-state index is 0.0486. The van der Waals surface area contributed by atoms with Gasteiger partial charge in [0.1, 0.15) is 5.82 Å². The Labute approximate surface area is 124 Å². The van der Waals surface area contributed by atoms with Gasteiger partial charge in [0.2, 0.25) is 11.8 Å². The number of likely N-dealkylation sites (tertiary alicyclic amines) is 1. The van der Waals surface area contributed by atoms with Crippen molar-refractivity contribution in [1.82, 2.24) is 14.9 Å². The molecule has 1 unspecified atom stereocenters. The van der Waals surface area contributed by atoms with Crippen molar-refractivity contribution in [2.45, 2.75) is 45.6 Å². The monoisotopic (exact) mass is 288 g/mol. The highest BCUT2D eigenvalue weighted by molar-refractivity contribution is 5.99. The topological polar surface area (TPSA) is 66.4 Å². The molecule has 3 heterocycles. The third-order valence-electron chi connectivity index (χ3n) is 4.40. The van der Waals surface area contributed by atoms with Gasteiger partial charge in [0.25, 0.3) is 0 Å². The third-order valence-corrected chi connectivity index (χ3v) is 4.40. The van der Waals surface area contributed by atoms with E-state index in [9.17, 15) is 9.59 Å². The van der Waals surface area contributed by atoms with Gasteiger partial charge in [-0.05, 0) is 19.8 Å². The first-order valence-corrected chi connectivity index (χ1v) is 7.46. The molecule has 2 aliphatic heterocycles. The maximum atomic E-state index is 12.0. The molecule has 0 saturated carbocycles. The molecule has 1 aromatic rings. The van der Waals surface area contributed by atoms with Crippen molar-refractivity contribution in [3.05, 3.63) is 17.1 Å². The van der Waals surface area contributed by atoms with Crippen LogP contribution in [-0.4, -0.2) is 40.3 Å². The first-order valence-electron chi connectivity index (χ1n) is 7.46. The number of amides is 2. The van der Waals surface area contributed by atoms with Crippen molar-refractivity contribution in [2.24, 2.45) is 0 Å². The van der Waals surface area contributed by atoms with Gasteiger partial charge in [-0.3, -0.25) is 14.5 Å². The average Bonchev–Trinajstić information content (AvgIpc) is 3.06. The van der Waals surface area contributed by atoms with Gasteiger partial charge < -0.3 is 4.90 Å². The summed E-state index contributed by atoms with van der Waals surface area (Å²) >= 11 is 0. The quantitative estimate of drug-likeness (QED) is 0.824. The number of nitrogens with zero attached hydrogens (tertiary/aromatic N) is 4. The number of likely N-dealkylation sites (N-methyl/N-ethyl adjacent to an activating group) is 1. The Balaban J connectivity index is 1.99. The molecule has 1 fully saturated rings. The van der Waals surface area contributed by atoms with E-state index in [-0.39, 0.29) is 17.9 Å². The zero-order valence-electron chi connectivity index (χ0n) is 12.7. The van der Waals surface area contributed by atoms with Crippen molar-refractivity contribution in [1.29, 1.82) is 0 Å². The standard InChI is InChI=1S/C15H20N4O2/c1-4-12(20)19-7-5-6-11(19)14-16-9(2)10-8-13(21)18(3)15(10)17-14/h11H,4-8H2,1-3H3. The molecular formula is C15H20N4O2. The zero-order chi connectivity index (χ0) is 15.1. The van der Waals surface area contributed by atoms with Crippen LogP contribution in [0.3, 0.4) is 0 Å². The number of hydrogen-bond acceptors (Lipinski definition) is 4. The molecule has 1 atom stereocenters. The summed E-state index contributed by atoms with van der Waals surface area (Å²) < 4.78 is 0. The lowest BCUT2D eigenvalue weighted by Gasteiger charge is -2.24. The van der Waals surface area contributed by atoms with E-state index in [0.717, 1.165) is 30.6 Å². The Morgan fingerprint density at radius 1 is 1.38 bits per heavy atom. The molecular weight excluding hydrogens is 268 g/mol. The molecule has 1 aromatic heterocycles. The van der Waals surface area contributed by atoms with Gasteiger partial charge in [-0.2, -0.15) is 0 Å². The number of carbonyl (C=O) groups excluding carboxylic acids is 2. The van der Waals surface area contributed by atoms with E-state index in [0.29, 0.717) is 24.5 Å². The zero-order valence-corrected chi connectivity index (χ0v) is 12.7. The maximum Gasteiger partial charge on any atom is 0.232 e. The molecule has 2 amide bonds. The lowest BCUT2D eigenvalue weighted by Crippen LogP contribution is -2.31. The number of aryl methyl sites for hydroxylation is 1. The van der Waals surface area contributed by atoms with Gasteiger partial charge in [0, 0.05) is 31.3 Å². The Morgan fingerprint density at radius 3 is 2.86 bits per heavy atom. The summed E-state index contributed by atoms with van der Waals surface area (Å²) in [5.41, 5.74) is 1.76. The van der Waals surface area contributed by atoms with Crippen molar-refractivity contribution in [3.8, 4) is 0 Å². The number of fused-ring (bicyclic) bond motifs is 1. The highest BCUT2D eigenvalue weighted by Gasteiger charge is 2.34. The largest absolute Gasteiger partial charge is 0.332 e. The van der Waals surface area contributed by atoms with E-state index in [1.165, 1.54) is 0 Å². The average molecular weight is 288 g/mol. The molecule has 6 heteroatoms. The predicted octanol–water partition coefficient (Wildman–Crippen LogP) is 1.38. The summed E-state index contributed by atoms with van der Waals surface area (Å²) in [6.45, 7) is 4.56. The van der Waals surface area contributed by atoms with Crippen LogP contribution < -0.4 is 4.90 Å². The third kappa shape index (κ3) is 2.18. The fourth-order valence-electron chi connectivity index (χ4n) is 3.16. The first kappa shape index (κ1) is 14.0. The molecule has 0 spiro atoms. The highest BCUT2D eigenvalue weighted by Crippen LogP contribution is 2.34. The molecule has 1 saturated heterocycles. The van der Waals surface area contributed by atoms with E-state index in [1.807, 2.05) is 18.7 Å². The van der Waals surface area contributed by atoms with Crippen LogP contribution in [0.4, 0.5) is 5.82 Å². The van der Waals surface area contributed by atoms with E-state index in [1.54, 1.807) is 11.9 Å². The van der Waals surface area contributed by atoms with Crippen LogP contribution in [0.15, 0.2) is 0 Å².